The highest BCUT2D eigenvalue weighted by Crippen LogP contribution is 2.13. The highest BCUT2D eigenvalue weighted by molar-refractivity contribution is 7.09. The number of piperazine rings is 1. The molecule has 1 fully saturated rings. The summed E-state index contributed by atoms with van der Waals surface area (Å²) in [5.74, 6) is 1.22. The minimum absolute atomic E-state index is 0. The van der Waals surface area contributed by atoms with Gasteiger partial charge in [-0.05, 0) is 6.92 Å². The predicted octanol–water partition coefficient (Wildman–Crippen LogP) is 1.88. The Morgan fingerprint density at radius 2 is 1.71 bits per heavy atom. The van der Waals surface area contributed by atoms with Crippen LogP contribution in [0.1, 0.15) is 22.4 Å². The number of nitrogens with two attached hydrogens (primary N) is 1. The third-order valence-electron chi connectivity index (χ3n) is 3.57. The molecule has 2 aromatic heterocycles. The van der Waals surface area contributed by atoms with E-state index in [0.717, 1.165) is 50.1 Å². The van der Waals surface area contributed by atoms with Crippen molar-refractivity contribution >= 4 is 48.6 Å². The molecule has 0 radical (unpaired) electrons. The first-order chi connectivity index (χ1) is 10.2. The van der Waals surface area contributed by atoms with Gasteiger partial charge in [0.2, 0.25) is 5.89 Å². The molecule has 0 amide bonds. The Morgan fingerprint density at radius 3 is 2.21 bits per heavy atom. The van der Waals surface area contributed by atoms with Gasteiger partial charge in [-0.25, -0.2) is 4.98 Å². The van der Waals surface area contributed by atoms with Gasteiger partial charge in [-0.15, -0.1) is 48.6 Å². The first-order valence-electron chi connectivity index (χ1n) is 7.10. The molecule has 7 nitrogen and oxygen atoms in total. The largest absolute Gasteiger partial charge is 0.338 e. The number of aromatic nitrogens is 3. The van der Waals surface area contributed by atoms with Gasteiger partial charge in [-0.3, -0.25) is 9.80 Å². The van der Waals surface area contributed by atoms with Gasteiger partial charge in [0.1, 0.15) is 0 Å². The second-order valence-corrected chi connectivity index (χ2v) is 6.28. The average molecular weight is 418 g/mol. The number of thiazole rings is 1. The molecule has 3 rings (SSSR count). The van der Waals surface area contributed by atoms with Crippen LogP contribution in [-0.2, 0) is 19.6 Å². The van der Waals surface area contributed by atoms with Crippen molar-refractivity contribution in [1.82, 2.24) is 24.9 Å². The van der Waals surface area contributed by atoms with Crippen LogP contribution in [0.25, 0.3) is 0 Å². The van der Waals surface area contributed by atoms with Gasteiger partial charge in [0.05, 0.1) is 23.8 Å². The van der Waals surface area contributed by atoms with E-state index in [9.17, 15) is 0 Å². The summed E-state index contributed by atoms with van der Waals surface area (Å²) in [6.45, 7) is 8.12. The second kappa shape index (κ2) is 11.2. The first kappa shape index (κ1) is 23.5. The molecule has 0 saturated carbocycles. The van der Waals surface area contributed by atoms with E-state index in [2.05, 4.69) is 30.3 Å². The van der Waals surface area contributed by atoms with Gasteiger partial charge in [-0.2, -0.15) is 4.98 Å². The highest BCUT2D eigenvalue weighted by atomic mass is 35.5. The number of hydrogen-bond donors (Lipinski definition) is 1. The molecule has 0 aliphatic carbocycles. The quantitative estimate of drug-likeness (QED) is 0.795. The maximum atomic E-state index is 5.47. The lowest BCUT2D eigenvalue weighted by atomic mass is 10.3. The molecular formula is C13H23Cl3N6OS. The van der Waals surface area contributed by atoms with Crippen molar-refractivity contribution in [3.05, 3.63) is 27.8 Å². The fourth-order valence-electron chi connectivity index (χ4n) is 2.45. The van der Waals surface area contributed by atoms with Crippen LogP contribution >= 0.6 is 48.6 Å². The predicted molar refractivity (Wildman–Crippen MR) is 101 cm³/mol. The molecular weight excluding hydrogens is 395 g/mol. The smallest absolute Gasteiger partial charge is 0.240 e. The van der Waals surface area contributed by atoms with Gasteiger partial charge >= 0.3 is 0 Å². The number of halogens is 3. The number of aryl methyl sites for hydroxylation is 1. The van der Waals surface area contributed by atoms with Gasteiger partial charge in [0, 0.05) is 38.1 Å². The van der Waals surface area contributed by atoms with Gasteiger partial charge < -0.3 is 10.3 Å². The fourth-order valence-corrected chi connectivity index (χ4v) is 3.06. The van der Waals surface area contributed by atoms with Crippen molar-refractivity contribution < 1.29 is 4.52 Å². The number of nitrogens with zero attached hydrogens (tertiary/aromatic N) is 5. The maximum Gasteiger partial charge on any atom is 0.240 e. The Kier molecular flexibility index (Phi) is 11.0. The van der Waals surface area contributed by atoms with Crippen molar-refractivity contribution in [2.75, 3.05) is 26.2 Å². The SMILES string of the molecule is Cc1nc(CN2CCN(Cc3noc(CN)n3)CC2)cs1.Cl.Cl.Cl. The van der Waals surface area contributed by atoms with Gasteiger partial charge in [0.25, 0.3) is 0 Å². The summed E-state index contributed by atoms with van der Waals surface area (Å²) in [5, 5.41) is 7.22. The van der Waals surface area contributed by atoms with Gasteiger partial charge in [0.15, 0.2) is 5.82 Å². The molecule has 1 saturated heterocycles. The molecule has 0 bridgehead atoms. The number of hydrogen-bond acceptors (Lipinski definition) is 8. The molecule has 1 aliphatic rings. The van der Waals surface area contributed by atoms with Crippen LogP contribution in [0.5, 0.6) is 0 Å². The lowest BCUT2D eigenvalue weighted by Crippen LogP contribution is -2.45. The lowest BCUT2D eigenvalue weighted by molar-refractivity contribution is 0.118. The molecule has 2 aromatic rings. The molecule has 2 N–H and O–H groups in total. The van der Waals surface area contributed by atoms with E-state index < -0.39 is 0 Å². The summed E-state index contributed by atoms with van der Waals surface area (Å²) >= 11 is 1.71. The normalized spacial score (nSPS) is 15.2. The number of rotatable bonds is 5. The first-order valence-corrected chi connectivity index (χ1v) is 7.98. The summed E-state index contributed by atoms with van der Waals surface area (Å²) in [6.07, 6.45) is 0. The van der Waals surface area contributed by atoms with Crippen LogP contribution in [0.2, 0.25) is 0 Å². The summed E-state index contributed by atoms with van der Waals surface area (Å²) in [4.78, 5) is 13.5. The topological polar surface area (TPSA) is 84.3 Å². The zero-order chi connectivity index (χ0) is 14.7. The molecule has 0 unspecified atom stereocenters. The minimum Gasteiger partial charge on any atom is -0.338 e. The van der Waals surface area contributed by atoms with E-state index in [1.54, 1.807) is 11.3 Å². The van der Waals surface area contributed by atoms with E-state index in [-0.39, 0.29) is 37.2 Å². The van der Waals surface area contributed by atoms with Crippen LogP contribution < -0.4 is 5.73 Å². The fraction of sp³-hybridized carbons (Fsp3) is 0.615. The Bertz CT molecular complexity index is 588. The average Bonchev–Trinajstić information content (AvgIpc) is 3.10. The molecule has 3 heterocycles. The Labute approximate surface area is 164 Å². The van der Waals surface area contributed by atoms with Crippen molar-refractivity contribution in [2.24, 2.45) is 5.73 Å². The Morgan fingerprint density at radius 1 is 1.08 bits per heavy atom. The van der Waals surface area contributed by atoms with Crippen LogP contribution in [-0.4, -0.2) is 51.1 Å². The molecule has 0 spiro atoms. The standard InChI is InChI=1S/C13H20N6OS.3ClH/c1-10-15-11(9-21-10)7-18-2-4-19(5-3-18)8-12-16-13(6-14)20-17-12;;;/h9H,2-8,14H2,1H3;3*1H. The molecule has 138 valence electrons. The highest BCUT2D eigenvalue weighted by Gasteiger charge is 2.19. The third kappa shape index (κ3) is 6.44. The molecule has 0 atom stereocenters. The van der Waals surface area contributed by atoms with Crippen LogP contribution in [0.15, 0.2) is 9.90 Å². The van der Waals surface area contributed by atoms with E-state index >= 15 is 0 Å². The summed E-state index contributed by atoms with van der Waals surface area (Å²) in [6, 6.07) is 0. The molecule has 0 aromatic carbocycles. The molecule has 11 heteroatoms. The molecule has 24 heavy (non-hydrogen) atoms. The Balaban J connectivity index is 0.00000176. The van der Waals surface area contributed by atoms with E-state index in [1.807, 2.05) is 6.92 Å². The summed E-state index contributed by atoms with van der Waals surface area (Å²) in [5.41, 5.74) is 6.65. The monoisotopic (exact) mass is 416 g/mol. The van der Waals surface area contributed by atoms with Crippen molar-refractivity contribution in [2.45, 2.75) is 26.6 Å². The van der Waals surface area contributed by atoms with Crippen molar-refractivity contribution in [3.63, 3.8) is 0 Å². The summed E-state index contributed by atoms with van der Waals surface area (Å²) in [7, 11) is 0. The van der Waals surface area contributed by atoms with Crippen LogP contribution in [0.3, 0.4) is 0 Å². The van der Waals surface area contributed by atoms with Crippen LogP contribution in [0.4, 0.5) is 0 Å². The summed E-state index contributed by atoms with van der Waals surface area (Å²) < 4.78 is 5.03. The van der Waals surface area contributed by atoms with Gasteiger partial charge in [-0.1, -0.05) is 5.16 Å². The second-order valence-electron chi connectivity index (χ2n) is 5.22. The molecule has 1 aliphatic heterocycles. The van der Waals surface area contributed by atoms with E-state index in [0.29, 0.717) is 12.4 Å². The Hall–Kier alpha value is -0.480. The minimum atomic E-state index is 0. The maximum absolute atomic E-state index is 5.47. The van der Waals surface area contributed by atoms with Crippen LogP contribution in [0, 0.1) is 6.92 Å². The zero-order valence-electron chi connectivity index (χ0n) is 13.4. The zero-order valence-corrected chi connectivity index (χ0v) is 16.6. The lowest BCUT2D eigenvalue weighted by Gasteiger charge is -2.33. The van der Waals surface area contributed by atoms with E-state index in [4.69, 9.17) is 10.3 Å². The third-order valence-corrected chi connectivity index (χ3v) is 4.39. The van der Waals surface area contributed by atoms with Crippen molar-refractivity contribution in [3.8, 4) is 0 Å². The van der Waals surface area contributed by atoms with E-state index in [1.165, 1.54) is 5.69 Å². The van der Waals surface area contributed by atoms with Crippen molar-refractivity contribution in [1.29, 1.82) is 0 Å².